The first-order valence-corrected chi connectivity index (χ1v) is 15.4. The second-order valence-electron chi connectivity index (χ2n) is 11.4. The van der Waals surface area contributed by atoms with E-state index in [9.17, 15) is 4.79 Å². The molecule has 3 heterocycles. The van der Waals surface area contributed by atoms with Crippen LogP contribution in [0.2, 0.25) is 0 Å². The standard InChI is InChI=1S/C38H34N6O2/c1-46-31-18-15-27(16-19-31)25-44-36(20-17-26-9-3-2-4-10-26)42-43-37(44)34(22-30-24-39-33-14-8-7-13-32(30)33)41-38(45)35-21-28-11-5-6-12-29(28)23-40-35/h2-16,18-19,21,23-24,34,39H,17,20,22,25H2,1H3,(H,41,45)/t34-/m1/s1. The van der Waals surface area contributed by atoms with Crippen molar-refractivity contribution in [2.75, 3.05) is 7.11 Å². The van der Waals surface area contributed by atoms with Crippen molar-refractivity contribution in [3.05, 3.63) is 156 Å². The van der Waals surface area contributed by atoms with Gasteiger partial charge in [-0.15, -0.1) is 10.2 Å². The molecule has 2 N–H and O–H groups in total. The average molecular weight is 607 g/mol. The third-order valence-corrected chi connectivity index (χ3v) is 8.42. The van der Waals surface area contributed by atoms with Crippen LogP contribution >= 0.6 is 0 Å². The number of hydrogen-bond acceptors (Lipinski definition) is 5. The number of aromatic nitrogens is 5. The lowest BCUT2D eigenvalue weighted by Gasteiger charge is -2.20. The van der Waals surface area contributed by atoms with Gasteiger partial charge in [0.2, 0.25) is 0 Å². The van der Waals surface area contributed by atoms with Crippen LogP contribution in [0.5, 0.6) is 5.75 Å². The Morgan fingerprint density at radius 3 is 2.43 bits per heavy atom. The summed E-state index contributed by atoms with van der Waals surface area (Å²) in [7, 11) is 1.66. The fourth-order valence-electron chi connectivity index (χ4n) is 5.95. The van der Waals surface area contributed by atoms with Gasteiger partial charge >= 0.3 is 0 Å². The second kappa shape index (κ2) is 13.1. The van der Waals surface area contributed by atoms with E-state index in [0.717, 1.165) is 50.8 Å². The van der Waals surface area contributed by atoms with Gasteiger partial charge in [0, 0.05) is 41.5 Å². The summed E-state index contributed by atoms with van der Waals surface area (Å²) in [4.78, 5) is 21.8. The van der Waals surface area contributed by atoms with E-state index in [2.05, 4.69) is 68.4 Å². The Kier molecular flexibility index (Phi) is 8.24. The number of methoxy groups -OCH3 is 1. The Bertz CT molecular complexity index is 2100. The zero-order valence-electron chi connectivity index (χ0n) is 25.6. The molecule has 0 bridgehead atoms. The zero-order valence-corrected chi connectivity index (χ0v) is 25.6. The van der Waals surface area contributed by atoms with Crippen molar-refractivity contribution in [2.45, 2.75) is 31.8 Å². The van der Waals surface area contributed by atoms with Crippen LogP contribution in [0.4, 0.5) is 0 Å². The first kappa shape index (κ1) is 29.0. The predicted molar refractivity (Wildman–Crippen MR) is 180 cm³/mol. The molecule has 1 atom stereocenters. The van der Waals surface area contributed by atoms with Gasteiger partial charge in [-0.2, -0.15) is 0 Å². The Labute approximate surface area is 267 Å². The fourth-order valence-corrected chi connectivity index (χ4v) is 5.95. The molecule has 0 aliphatic rings. The van der Waals surface area contributed by atoms with E-state index in [4.69, 9.17) is 14.9 Å². The Hall–Kier alpha value is -5.76. The normalized spacial score (nSPS) is 11.9. The molecule has 4 aromatic carbocycles. The molecule has 0 spiro atoms. The largest absolute Gasteiger partial charge is 0.497 e. The summed E-state index contributed by atoms with van der Waals surface area (Å²) in [5.41, 5.74) is 4.79. The molecular formula is C38H34N6O2. The maximum atomic E-state index is 13.9. The molecule has 7 rings (SSSR count). The van der Waals surface area contributed by atoms with Crippen LogP contribution in [0.1, 0.15) is 44.9 Å². The third-order valence-electron chi connectivity index (χ3n) is 8.42. The molecule has 7 aromatic rings. The first-order valence-electron chi connectivity index (χ1n) is 15.4. The molecule has 0 aliphatic carbocycles. The molecule has 0 saturated carbocycles. The second-order valence-corrected chi connectivity index (χ2v) is 11.4. The third kappa shape index (κ3) is 6.23. The van der Waals surface area contributed by atoms with Crippen molar-refractivity contribution >= 4 is 27.6 Å². The van der Waals surface area contributed by atoms with E-state index in [1.54, 1.807) is 13.3 Å². The smallest absolute Gasteiger partial charge is 0.270 e. The Morgan fingerprint density at radius 1 is 0.848 bits per heavy atom. The van der Waals surface area contributed by atoms with E-state index in [1.807, 2.05) is 66.9 Å². The molecule has 0 unspecified atom stereocenters. The van der Waals surface area contributed by atoms with Gasteiger partial charge in [-0.05, 0) is 52.8 Å². The molecular weight excluding hydrogens is 572 g/mol. The van der Waals surface area contributed by atoms with Gasteiger partial charge in [0.15, 0.2) is 5.82 Å². The number of carbonyl (C=O) groups is 1. The molecule has 228 valence electrons. The molecule has 46 heavy (non-hydrogen) atoms. The van der Waals surface area contributed by atoms with Crippen molar-refractivity contribution in [1.29, 1.82) is 0 Å². The van der Waals surface area contributed by atoms with Gasteiger partial charge in [-0.1, -0.05) is 84.9 Å². The zero-order chi connectivity index (χ0) is 31.3. The molecule has 0 radical (unpaired) electrons. The molecule has 0 fully saturated rings. The number of carbonyl (C=O) groups excluding carboxylic acids is 1. The number of nitrogens with one attached hydrogen (secondary N) is 2. The van der Waals surface area contributed by atoms with Gasteiger partial charge in [-0.3, -0.25) is 9.78 Å². The van der Waals surface area contributed by atoms with E-state index in [-0.39, 0.29) is 5.91 Å². The number of rotatable bonds is 11. The number of aromatic amines is 1. The molecule has 8 heteroatoms. The highest BCUT2D eigenvalue weighted by molar-refractivity contribution is 5.96. The average Bonchev–Trinajstić information content (AvgIpc) is 3.71. The number of fused-ring (bicyclic) bond motifs is 2. The van der Waals surface area contributed by atoms with Crippen molar-refractivity contribution in [2.24, 2.45) is 0 Å². The predicted octanol–water partition coefficient (Wildman–Crippen LogP) is 6.86. The van der Waals surface area contributed by atoms with Crippen molar-refractivity contribution in [1.82, 2.24) is 30.0 Å². The molecule has 8 nitrogen and oxygen atoms in total. The van der Waals surface area contributed by atoms with E-state index in [1.165, 1.54) is 5.56 Å². The van der Waals surface area contributed by atoms with Gasteiger partial charge in [0.25, 0.3) is 5.91 Å². The number of benzene rings is 4. The molecule has 3 aromatic heterocycles. The minimum atomic E-state index is -0.476. The van der Waals surface area contributed by atoms with Gasteiger partial charge < -0.3 is 19.6 Å². The Balaban J connectivity index is 1.27. The van der Waals surface area contributed by atoms with Gasteiger partial charge in [-0.25, -0.2) is 0 Å². The SMILES string of the molecule is COc1ccc(Cn2c(CCc3ccccc3)nnc2[C@@H](Cc2c[nH]c3ccccc23)NC(=O)c2cc3ccccc3cn2)cc1. The lowest BCUT2D eigenvalue weighted by molar-refractivity contribution is 0.0929. The van der Waals surface area contributed by atoms with Crippen LogP contribution in [0, 0.1) is 0 Å². The topological polar surface area (TPSA) is 97.7 Å². The molecule has 0 saturated heterocycles. The summed E-state index contributed by atoms with van der Waals surface area (Å²) in [5.74, 6) is 2.08. The van der Waals surface area contributed by atoms with Crippen LogP contribution in [0.25, 0.3) is 21.7 Å². The van der Waals surface area contributed by atoms with Gasteiger partial charge in [0.05, 0.1) is 19.7 Å². The summed E-state index contributed by atoms with van der Waals surface area (Å²) in [6.07, 6.45) is 5.80. The van der Waals surface area contributed by atoms with Crippen molar-refractivity contribution < 1.29 is 9.53 Å². The van der Waals surface area contributed by atoms with Crippen molar-refractivity contribution in [3.8, 4) is 5.75 Å². The fraction of sp³-hybridized carbons (Fsp3) is 0.158. The monoisotopic (exact) mass is 606 g/mol. The number of para-hydroxylation sites is 1. The quantitative estimate of drug-likeness (QED) is 0.168. The highest BCUT2D eigenvalue weighted by Gasteiger charge is 2.26. The Morgan fingerprint density at radius 2 is 1.61 bits per heavy atom. The minimum Gasteiger partial charge on any atom is -0.497 e. The van der Waals surface area contributed by atoms with Crippen LogP contribution in [0.15, 0.2) is 122 Å². The lowest BCUT2D eigenvalue weighted by Crippen LogP contribution is -2.33. The number of H-pyrrole nitrogens is 1. The van der Waals surface area contributed by atoms with Crippen LogP contribution in [-0.4, -0.2) is 37.7 Å². The van der Waals surface area contributed by atoms with Crippen molar-refractivity contribution in [3.63, 3.8) is 0 Å². The summed E-state index contributed by atoms with van der Waals surface area (Å²) in [6, 6.07) is 35.8. The highest BCUT2D eigenvalue weighted by atomic mass is 16.5. The molecule has 0 aliphatic heterocycles. The van der Waals surface area contributed by atoms with Crippen LogP contribution in [0.3, 0.4) is 0 Å². The number of nitrogens with zero attached hydrogens (tertiary/aromatic N) is 4. The highest BCUT2D eigenvalue weighted by Crippen LogP contribution is 2.26. The summed E-state index contributed by atoms with van der Waals surface area (Å²) in [5, 5.41) is 15.8. The maximum absolute atomic E-state index is 13.9. The number of amides is 1. The number of pyridine rings is 1. The van der Waals surface area contributed by atoms with Gasteiger partial charge in [0.1, 0.15) is 17.3 Å². The first-order chi connectivity index (χ1) is 22.6. The lowest BCUT2D eigenvalue weighted by atomic mass is 10.0. The number of hydrogen-bond donors (Lipinski definition) is 2. The summed E-state index contributed by atoms with van der Waals surface area (Å²) in [6.45, 7) is 0.547. The van der Waals surface area contributed by atoms with Crippen LogP contribution < -0.4 is 10.1 Å². The number of aryl methyl sites for hydroxylation is 2. The van der Waals surface area contributed by atoms with E-state index < -0.39 is 6.04 Å². The van der Waals surface area contributed by atoms with Crippen LogP contribution in [-0.2, 0) is 25.8 Å². The van der Waals surface area contributed by atoms with E-state index in [0.29, 0.717) is 30.9 Å². The molecule has 1 amide bonds. The summed E-state index contributed by atoms with van der Waals surface area (Å²) >= 11 is 0. The maximum Gasteiger partial charge on any atom is 0.270 e. The number of ether oxygens (including phenoxy) is 1. The summed E-state index contributed by atoms with van der Waals surface area (Å²) < 4.78 is 7.55. The minimum absolute atomic E-state index is 0.263. The van der Waals surface area contributed by atoms with E-state index >= 15 is 0 Å².